The summed E-state index contributed by atoms with van der Waals surface area (Å²) in [7, 11) is 1.28. The van der Waals surface area contributed by atoms with Gasteiger partial charge < -0.3 is 10.5 Å². The van der Waals surface area contributed by atoms with E-state index in [0.717, 1.165) is 6.61 Å². The molecule has 0 saturated carbocycles. The Hall–Kier alpha value is 0.137. The average Bonchev–Trinajstić information content (AvgIpc) is 1.69. The molecule has 7 heavy (non-hydrogen) atoms. The molecule has 0 fully saturated rings. The third kappa shape index (κ3) is 6.14. The summed E-state index contributed by atoms with van der Waals surface area (Å²) in [4.78, 5) is 0. The summed E-state index contributed by atoms with van der Waals surface area (Å²) in [5, 5.41) is 0. The predicted molar refractivity (Wildman–Crippen MR) is 34.4 cm³/mol. The Balaban J connectivity index is 2.45. The van der Waals surface area contributed by atoms with Crippen molar-refractivity contribution in [3.8, 4) is 0 Å². The Morgan fingerprint density at radius 2 is 2.29 bits per heavy atom. The maximum absolute atomic E-state index is 5.06. The van der Waals surface area contributed by atoms with Gasteiger partial charge in [-0.2, -0.15) is 0 Å². The van der Waals surface area contributed by atoms with E-state index in [0.29, 0.717) is 6.73 Å². The molecule has 0 radical (unpaired) electrons. The van der Waals surface area contributed by atoms with E-state index in [2.05, 4.69) is 0 Å². The van der Waals surface area contributed by atoms with Crippen molar-refractivity contribution in [1.29, 1.82) is 0 Å². The molecular weight excluding hydrogens is 106 g/mol. The van der Waals surface area contributed by atoms with Crippen LogP contribution in [0.2, 0.25) is 6.04 Å². The van der Waals surface area contributed by atoms with Crippen LogP contribution in [0.25, 0.3) is 0 Å². The van der Waals surface area contributed by atoms with Gasteiger partial charge in [0.1, 0.15) is 0 Å². The highest BCUT2D eigenvalue weighted by Crippen LogP contribution is 1.82. The molecule has 0 unspecified atom stereocenters. The maximum Gasteiger partial charge on any atom is 0.0940 e. The number of rotatable bonds is 4. The zero-order valence-electron chi connectivity index (χ0n) is 4.81. The van der Waals surface area contributed by atoms with Gasteiger partial charge in [-0.05, 0) is 6.42 Å². The molecule has 0 aliphatic rings. The summed E-state index contributed by atoms with van der Waals surface area (Å²) in [6, 6.07) is 1.32. The summed E-state index contributed by atoms with van der Waals surface area (Å²) in [5.74, 6) is 0. The lowest BCUT2D eigenvalue weighted by Crippen LogP contribution is -2.04. The number of hydrogen-bond acceptors (Lipinski definition) is 2. The van der Waals surface area contributed by atoms with Gasteiger partial charge in [-0.15, -0.1) is 0 Å². The Kier molecular flexibility index (Phi) is 6.26. The van der Waals surface area contributed by atoms with Crippen molar-refractivity contribution in [1.82, 2.24) is 0 Å². The normalized spacial score (nSPS) is 9.86. The largest absolute Gasteiger partial charge is 0.367 e. The second kappa shape index (κ2) is 6.14. The molecule has 3 heteroatoms. The molecule has 0 spiro atoms. The first-order valence-corrected chi connectivity index (χ1v) is 4.11. The van der Waals surface area contributed by atoms with Crippen LogP contribution in [-0.2, 0) is 4.74 Å². The highest BCUT2D eigenvalue weighted by atomic mass is 28.1. The van der Waals surface area contributed by atoms with Crippen molar-refractivity contribution in [2.45, 2.75) is 12.5 Å². The average molecular weight is 119 g/mol. The van der Waals surface area contributed by atoms with E-state index < -0.39 is 0 Å². The highest BCUT2D eigenvalue weighted by molar-refractivity contribution is 6.08. The molecule has 0 aromatic heterocycles. The summed E-state index contributed by atoms with van der Waals surface area (Å²) in [6.07, 6.45) is 1.18. The summed E-state index contributed by atoms with van der Waals surface area (Å²) in [5.41, 5.74) is 5.06. The van der Waals surface area contributed by atoms with Crippen LogP contribution in [0.1, 0.15) is 6.42 Å². The van der Waals surface area contributed by atoms with E-state index in [1.807, 2.05) is 0 Å². The Bertz CT molecular complexity index is 30.9. The van der Waals surface area contributed by atoms with Crippen molar-refractivity contribution in [3.63, 3.8) is 0 Å². The third-order valence-corrected chi connectivity index (χ3v) is 1.47. The lowest BCUT2D eigenvalue weighted by atomic mass is 10.5. The minimum atomic E-state index is 0.377. The molecule has 0 saturated heterocycles. The Labute approximate surface area is 47.5 Å². The van der Waals surface area contributed by atoms with E-state index in [1.165, 1.54) is 22.7 Å². The van der Waals surface area contributed by atoms with Gasteiger partial charge >= 0.3 is 0 Å². The van der Waals surface area contributed by atoms with Crippen LogP contribution in [0, 0.1) is 0 Å². The number of ether oxygens (including phenoxy) is 1. The van der Waals surface area contributed by atoms with Gasteiger partial charge in [0.05, 0.1) is 6.73 Å². The van der Waals surface area contributed by atoms with Crippen LogP contribution >= 0.6 is 0 Å². The van der Waals surface area contributed by atoms with Gasteiger partial charge in [0.25, 0.3) is 0 Å². The van der Waals surface area contributed by atoms with E-state index in [4.69, 9.17) is 10.5 Å². The summed E-state index contributed by atoms with van der Waals surface area (Å²) in [6.45, 7) is 1.22. The van der Waals surface area contributed by atoms with Gasteiger partial charge in [0.2, 0.25) is 0 Å². The Morgan fingerprint density at radius 3 is 2.71 bits per heavy atom. The number of hydrogen-bond donors (Lipinski definition) is 1. The minimum absolute atomic E-state index is 0.377. The molecule has 2 N–H and O–H groups in total. The molecule has 0 aromatic carbocycles. The standard InChI is InChI=1S/C4H13NOSi/c5-4-6-2-1-3-7/h1-5H2,7H3. The van der Waals surface area contributed by atoms with Crippen LogP contribution in [0.3, 0.4) is 0 Å². The number of nitrogens with two attached hydrogens (primary N) is 1. The second-order valence-electron chi connectivity index (χ2n) is 1.43. The van der Waals surface area contributed by atoms with Gasteiger partial charge in [-0.3, -0.25) is 0 Å². The Morgan fingerprint density at radius 1 is 1.57 bits per heavy atom. The van der Waals surface area contributed by atoms with E-state index in [-0.39, 0.29) is 0 Å². The monoisotopic (exact) mass is 119 g/mol. The van der Waals surface area contributed by atoms with Gasteiger partial charge in [-0.1, -0.05) is 6.04 Å². The van der Waals surface area contributed by atoms with Crippen LogP contribution in [0.15, 0.2) is 0 Å². The van der Waals surface area contributed by atoms with Crippen LogP contribution in [0.4, 0.5) is 0 Å². The predicted octanol–water partition coefficient (Wildman–Crippen LogP) is -0.907. The molecule has 0 heterocycles. The van der Waals surface area contributed by atoms with Crippen molar-refractivity contribution in [2.24, 2.45) is 5.73 Å². The first kappa shape index (κ1) is 7.14. The molecule has 0 aliphatic carbocycles. The first-order chi connectivity index (χ1) is 3.41. The van der Waals surface area contributed by atoms with Crippen molar-refractivity contribution in [2.75, 3.05) is 13.3 Å². The fourth-order valence-electron chi connectivity index (χ4n) is 0.330. The van der Waals surface area contributed by atoms with Crippen molar-refractivity contribution >= 4 is 10.2 Å². The molecule has 0 rings (SSSR count). The highest BCUT2D eigenvalue weighted by Gasteiger charge is 1.78. The fraction of sp³-hybridized carbons (Fsp3) is 1.00. The van der Waals surface area contributed by atoms with Gasteiger partial charge in [0, 0.05) is 16.8 Å². The van der Waals surface area contributed by atoms with E-state index in [9.17, 15) is 0 Å². The zero-order valence-corrected chi connectivity index (χ0v) is 6.81. The van der Waals surface area contributed by atoms with Crippen LogP contribution < -0.4 is 5.73 Å². The van der Waals surface area contributed by atoms with Gasteiger partial charge in [-0.25, -0.2) is 0 Å². The smallest absolute Gasteiger partial charge is 0.0940 e. The summed E-state index contributed by atoms with van der Waals surface area (Å²) < 4.78 is 4.87. The third-order valence-electron chi connectivity index (χ3n) is 0.760. The fourth-order valence-corrected chi connectivity index (χ4v) is 0.618. The quantitative estimate of drug-likeness (QED) is 0.295. The molecule has 0 aliphatic heterocycles. The SMILES string of the molecule is NCOCCC[SiH3]. The van der Waals surface area contributed by atoms with E-state index >= 15 is 0 Å². The zero-order chi connectivity index (χ0) is 5.54. The van der Waals surface area contributed by atoms with E-state index in [1.54, 1.807) is 0 Å². The minimum Gasteiger partial charge on any atom is -0.367 e. The molecule has 0 atom stereocenters. The molecule has 44 valence electrons. The lowest BCUT2D eigenvalue weighted by Gasteiger charge is -1.94. The van der Waals surface area contributed by atoms with Crippen molar-refractivity contribution < 1.29 is 4.74 Å². The van der Waals surface area contributed by atoms with Crippen LogP contribution in [0.5, 0.6) is 0 Å². The topological polar surface area (TPSA) is 35.2 Å². The first-order valence-electron chi connectivity index (χ1n) is 2.69. The second-order valence-corrected chi connectivity index (χ2v) is 2.43. The summed E-state index contributed by atoms with van der Waals surface area (Å²) >= 11 is 0. The lowest BCUT2D eigenvalue weighted by molar-refractivity contribution is 0.142. The molecule has 2 nitrogen and oxygen atoms in total. The maximum atomic E-state index is 5.06. The van der Waals surface area contributed by atoms with Crippen molar-refractivity contribution in [3.05, 3.63) is 0 Å². The molecule has 0 amide bonds. The molecule has 0 bridgehead atoms. The van der Waals surface area contributed by atoms with Crippen LogP contribution in [-0.4, -0.2) is 23.6 Å². The molecule has 0 aromatic rings. The van der Waals surface area contributed by atoms with Gasteiger partial charge in [0.15, 0.2) is 0 Å². The molecular formula is C4H13NOSi.